The fourth-order valence-corrected chi connectivity index (χ4v) is 5.88. The first-order valence-electron chi connectivity index (χ1n) is 11.5. The smallest absolute Gasteiger partial charge is 0.267 e. The molecule has 9 heteroatoms. The van der Waals surface area contributed by atoms with Crippen molar-refractivity contribution in [2.24, 2.45) is 11.8 Å². The number of thioether (sulfide) groups is 1. The van der Waals surface area contributed by atoms with E-state index in [1.165, 1.54) is 16.2 Å². The zero-order valence-electron chi connectivity index (χ0n) is 19.3. The Bertz CT molecular complexity index is 1140. The molecule has 2 aliphatic heterocycles. The number of hydrogen-bond donors (Lipinski definition) is 0. The van der Waals surface area contributed by atoms with E-state index in [0.29, 0.717) is 64.3 Å². The van der Waals surface area contributed by atoms with Crippen molar-refractivity contribution in [2.75, 3.05) is 37.7 Å². The summed E-state index contributed by atoms with van der Waals surface area (Å²) in [7, 11) is 0. The lowest BCUT2D eigenvalue weighted by molar-refractivity contribution is -0.122. The van der Waals surface area contributed by atoms with Crippen molar-refractivity contribution < 1.29 is 9.53 Å². The molecule has 2 aromatic rings. The molecule has 33 heavy (non-hydrogen) atoms. The predicted octanol–water partition coefficient (Wildman–Crippen LogP) is 3.80. The van der Waals surface area contributed by atoms with Gasteiger partial charge in [0.2, 0.25) is 0 Å². The van der Waals surface area contributed by atoms with Gasteiger partial charge in [0.05, 0.1) is 10.5 Å². The number of hydrogen-bond acceptors (Lipinski definition) is 7. The van der Waals surface area contributed by atoms with Crippen LogP contribution in [0.25, 0.3) is 11.7 Å². The first kappa shape index (κ1) is 23.9. The highest BCUT2D eigenvalue weighted by molar-refractivity contribution is 8.26. The van der Waals surface area contributed by atoms with Crippen LogP contribution in [0.3, 0.4) is 0 Å². The fourth-order valence-electron chi connectivity index (χ4n) is 4.59. The van der Waals surface area contributed by atoms with E-state index in [1.54, 1.807) is 17.2 Å². The van der Waals surface area contributed by atoms with Crippen molar-refractivity contribution >= 4 is 51.7 Å². The number of carbonyl (C=O) groups excluding carboxylic acids is 1. The van der Waals surface area contributed by atoms with Crippen LogP contribution in [0.4, 0.5) is 5.82 Å². The van der Waals surface area contributed by atoms with Gasteiger partial charge in [-0.15, -0.1) is 0 Å². The number of fused-ring (bicyclic) bond motifs is 1. The van der Waals surface area contributed by atoms with Crippen molar-refractivity contribution in [1.82, 2.24) is 14.3 Å². The van der Waals surface area contributed by atoms with E-state index in [9.17, 15) is 9.59 Å². The third-order valence-electron chi connectivity index (χ3n) is 5.94. The second-order valence-corrected chi connectivity index (χ2v) is 10.5. The number of piperidine rings is 1. The normalized spacial score (nSPS) is 22.7. The molecule has 2 saturated heterocycles. The average Bonchev–Trinajstić information content (AvgIpc) is 3.05. The van der Waals surface area contributed by atoms with Gasteiger partial charge in [-0.05, 0) is 49.8 Å². The van der Waals surface area contributed by atoms with E-state index in [0.717, 1.165) is 19.5 Å². The first-order valence-corrected chi connectivity index (χ1v) is 12.7. The molecule has 2 fully saturated rings. The number of amides is 1. The van der Waals surface area contributed by atoms with Crippen LogP contribution in [-0.2, 0) is 9.53 Å². The molecule has 0 spiro atoms. The van der Waals surface area contributed by atoms with Crippen molar-refractivity contribution in [3.05, 3.63) is 45.2 Å². The molecule has 4 heterocycles. The maximum atomic E-state index is 13.5. The van der Waals surface area contributed by atoms with Crippen LogP contribution in [0.1, 0.15) is 39.2 Å². The highest BCUT2D eigenvalue weighted by Gasteiger charge is 2.33. The molecule has 2 unspecified atom stereocenters. The Kier molecular flexibility index (Phi) is 7.51. The van der Waals surface area contributed by atoms with Crippen LogP contribution in [-0.4, -0.2) is 57.4 Å². The molecule has 1 amide bonds. The van der Waals surface area contributed by atoms with Gasteiger partial charge in [0.25, 0.3) is 11.5 Å². The lowest BCUT2D eigenvalue weighted by Crippen LogP contribution is -2.40. The van der Waals surface area contributed by atoms with E-state index < -0.39 is 0 Å². The number of thiocarbonyl (C=S) groups is 1. The molecule has 0 aliphatic carbocycles. The van der Waals surface area contributed by atoms with E-state index in [2.05, 4.69) is 18.7 Å². The number of pyridine rings is 1. The summed E-state index contributed by atoms with van der Waals surface area (Å²) in [5.74, 6) is 1.49. The number of rotatable bonds is 7. The topological polar surface area (TPSA) is 67.2 Å². The molecule has 2 atom stereocenters. The van der Waals surface area contributed by atoms with E-state index in [1.807, 2.05) is 25.1 Å². The summed E-state index contributed by atoms with van der Waals surface area (Å²) in [5.41, 5.74) is 0.863. The molecule has 0 bridgehead atoms. The SMILES string of the molecule is CCOCCCN1C(=O)C(=Cc2c(N3CC(C)CC(C)C3)nc3ccccn3c2=O)SC1=S. The molecule has 2 aromatic heterocycles. The predicted molar refractivity (Wildman–Crippen MR) is 138 cm³/mol. The summed E-state index contributed by atoms with van der Waals surface area (Å²) in [6.07, 6.45) is 5.27. The van der Waals surface area contributed by atoms with E-state index in [-0.39, 0.29) is 11.5 Å². The van der Waals surface area contributed by atoms with Crippen LogP contribution in [0.5, 0.6) is 0 Å². The minimum absolute atomic E-state index is 0.162. The molecule has 0 N–H and O–H groups in total. The van der Waals surface area contributed by atoms with E-state index in [4.69, 9.17) is 21.9 Å². The molecule has 2 aliphatic rings. The number of nitrogens with zero attached hydrogens (tertiary/aromatic N) is 4. The quantitative estimate of drug-likeness (QED) is 0.335. The minimum Gasteiger partial charge on any atom is -0.382 e. The molecular weight excluding hydrogens is 456 g/mol. The zero-order chi connectivity index (χ0) is 23.5. The van der Waals surface area contributed by atoms with Crippen LogP contribution in [0, 0.1) is 11.8 Å². The Labute approximate surface area is 203 Å². The van der Waals surface area contributed by atoms with Crippen molar-refractivity contribution in [2.45, 2.75) is 33.6 Å². The Morgan fingerprint density at radius 3 is 2.73 bits per heavy atom. The van der Waals surface area contributed by atoms with Gasteiger partial charge in [0.15, 0.2) is 0 Å². The summed E-state index contributed by atoms with van der Waals surface area (Å²) < 4.78 is 7.43. The summed E-state index contributed by atoms with van der Waals surface area (Å²) in [6, 6.07) is 5.52. The molecule has 7 nitrogen and oxygen atoms in total. The number of carbonyl (C=O) groups is 1. The van der Waals surface area contributed by atoms with Crippen LogP contribution in [0.15, 0.2) is 34.1 Å². The lowest BCUT2D eigenvalue weighted by atomic mass is 9.91. The molecular formula is C24H30N4O3S2. The Morgan fingerprint density at radius 1 is 1.24 bits per heavy atom. The van der Waals surface area contributed by atoms with Gasteiger partial charge in [0, 0.05) is 39.0 Å². The van der Waals surface area contributed by atoms with Crippen LogP contribution < -0.4 is 10.5 Å². The van der Waals surface area contributed by atoms with Crippen molar-refractivity contribution in [3.63, 3.8) is 0 Å². The number of ether oxygens (including phenoxy) is 1. The second kappa shape index (κ2) is 10.4. The molecule has 0 radical (unpaired) electrons. The Morgan fingerprint density at radius 2 is 2.00 bits per heavy atom. The molecule has 176 valence electrons. The highest BCUT2D eigenvalue weighted by Crippen LogP contribution is 2.34. The van der Waals surface area contributed by atoms with E-state index >= 15 is 0 Å². The van der Waals surface area contributed by atoms with Gasteiger partial charge in [-0.25, -0.2) is 4.98 Å². The van der Waals surface area contributed by atoms with Gasteiger partial charge in [-0.2, -0.15) is 0 Å². The maximum Gasteiger partial charge on any atom is 0.267 e. The molecule has 4 rings (SSSR count). The fraction of sp³-hybridized carbons (Fsp3) is 0.500. The largest absolute Gasteiger partial charge is 0.382 e. The second-order valence-electron chi connectivity index (χ2n) is 8.82. The van der Waals surface area contributed by atoms with Crippen LogP contribution in [0.2, 0.25) is 0 Å². The van der Waals surface area contributed by atoms with Crippen molar-refractivity contribution in [1.29, 1.82) is 0 Å². The molecule has 0 saturated carbocycles. The maximum absolute atomic E-state index is 13.5. The average molecular weight is 487 g/mol. The summed E-state index contributed by atoms with van der Waals surface area (Å²) in [4.78, 5) is 35.8. The zero-order valence-corrected chi connectivity index (χ0v) is 21.0. The highest BCUT2D eigenvalue weighted by atomic mass is 32.2. The summed E-state index contributed by atoms with van der Waals surface area (Å²) >= 11 is 6.71. The monoisotopic (exact) mass is 486 g/mol. The van der Waals surface area contributed by atoms with Gasteiger partial charge in [-0.1, -0.05) is 43.9 Å². The lowest BCUT2D eigenvalue weighted by Gasteiger charge is -2.36. The third kappa shape index (κ3) is 5.15. The summed E-state index contributed by atoms with van der Waals surface area (Å²) in [5, 5.41) is 0. The van der Waals surface area contributed by atoms with Gasteiger partial charge < -0.3 is 9.64 Å². The standard InChI is InChI=1S/C24H30N4O3S2/c1-4-31-11-7-10-28-23(30)19(33-24(28)32)13-18-21(26-14-16(2)12-17(3)15-26)25-20-8-5-6-9-27(20)22(18)29/h5-6,8-9,13,16-17H,4,7,10-12,14-15H2,1-3H3. The summed E-state index contributed by atoms with van der Waals surface area (Å²) in [6.45, 7) is 9.79. The third-order valence-corrected chi connectivity index (χ3v) is 7.32. The van der Waals surface area contributed by atoms with Crippen LogP contribution >= 0.6 is 24.0 Å². The Balaban J connectivity index is 1.73. The minimum atomic E-state index is -0.178. The Hall–Kier alpha value is -2.23. The van der Waals surface area contributed by atoms with Gasteiger partial charge in [-0.3, -0.25) is 18.9 Å². The number of aromatic nitrogens is 2. The van der Waals surface area contributed by atoms with Crippen molar-refractivity contribution in [3.8, 4) is 0 Å². The number of anilines is 1. The van der Waals surface area contributed by atoms with Gasteiger partial charge >= 0.3 is 0 Å². The van der Waals surface area contributed by atoms with Gasteiger partial charge in [0.1, 0.15) is 15.8 Å². The molecule has 0 aromatic carbocycles. The first-order chi connectivity index (χ1) is 15.9.